The normalized spacial score (nSPS) is 15.2. The quantitative estimate of drug-likeness (QED) is 0.681. The van der Waals surface area contributed by atoms with Crippen LogP contribution < -0.4 is 5.32 Å². The summed E-state index contributed by atoms with van der Waals surface area (Å²) >= 11 is 0. The van der Waals surface area contributed by atoms with Gasteiger partial charge in [0.2, 0.25) is 0 Å². The number of halogens is 2. The zero-order valence-corrected chi connectivity index (χ0v) is 17.6. The van der Waals surface area contributed by atoms with Gasteiger partial charge < -0.3 is 9.88 Å². The first-order chi connectivity index (χ1) is 14.9. The maximum absolute atomic E-state index is 13.9. The summed E-state index contributed by atoms with van der Waals surface area (Å²) in [6.07, 6.45) is 0.748. The molecule has 0 saturated heterocycles. The molecule has 1 aliphatic heterocycles. The fourth-order valence-electron chi connectivity index (χ4n) is 3.95. The van der Waals surface area contributed by atoms with E-state index in [0.29, 0.717) is 12.4 Å². The summed E-state index contributed by atoms with van der Waals surface area (Å²) in [5.41, 5.74) is 2.19. The van der Waals surface area contributed by atoms with Crippen LogP contribution in [0.25, 0.3) is 0 Å². The number of carbonyl (C=O) groups is 1. The second-order valence-electron chi connectivity index (χ2n) is 7.96. The van der Waals surface area contributed by atoms with E-state index in [2.05, 4.69) is 51.6 Å². The van der Waals surface area contributed by atoms with Crippen LogP contribution in [0.15, 0.2) is 42.5 Å². The predicted molar refractivity (Wildman–Crippen MR) is 112 cm³/mol. The van der Waals surface area contributed by atoms with Gasteiger partial charge in [-0.1, -0.05) is 29.8 Å². The molecule has 0 spiro atoms. The number of nitrogens with zero attached hydrogens (tertiary/aromatic N) is 4. The lowest BCUT2D eigenvalue weighted by atomic mass is 10.1. The first-order valence-corrected chi connectivity index (χ1v) is 10.4. The minimum absolute atomic E-state index is 0.327. The molecule has 31 heavy (non-hydrogen) atoms. The van der Waals surface area contributed by atoms with Gasteiger partial charge in [0.25, 0.3) is 5.91 Å². The van der Waals surface area contributed by atoms with Crippen LogP contribution in [0.2, 0.25) is 0 Å². The molecule has 6 nitrogen and oxygen atoms in total. The van der Waals surface area contributed by atoms with Crippen LogP contribution in [-0.4, -0.2) is 38.7 Å². The minimum Gasteiger partial charge on any atom is -0.342 e. The van der Waals surface area contributed by atoms with E-state index >= 15 is 0 Å². The van der Waals surface area contributed by atoms with Crippen LogP contribution in [0.1, 0.15) is 46.1 Å². The van der Waals surface area contributed by atoms with Crippen LogP contribution in [0.5, 0.6) is 0 Å². The number of fused-ring (bicyclic) bond motifs is 1. The van der Waals surface area contributed by atoms with Gasteiger partial charge in [-0.25, -0.2) is 8.78 Å². The van der Waals surface area contributed by atoms with E-state index in [1.807, 2.05) is 4.57 Å². The molecule has 1 aromatic heterocycles. The number of aryl methyl sites for hydroxylation is 1. The molecule has 0 fully saturated rings. The summed E-state index contributed by atoms with van der Waals surface area (Å²) in [6, 6.07) is 10.8. The van der Waals surface area contributed by atoms with Crippen LogP contribution in [0, 0.1) is 18.6 Å². The second-order valence-corrected chi connectivity index (χ2v) is 7.96. The maximum Gasteiger partial charge on any atom is 0.254 e. The molecule has 1 amide bonds. The largest absolute Gasteiger partial charge is 0.342 e. The lowest BCUT2D eigenvalue weighted by molar-refractivity contribution is 0.0933. The van der Waals surface area contributed by atoms with Crippen molar-refractivity contribution in [3.8, 4) is 0 Å². The van der Waals surface area contributed by atoms with Crippen molar-refractivity contribution >= 4 is 5.91 Å². The second kappa shape index (κ2) is 8.93. The fourth-order valence-corrected chi connectivity index (χ4v) is 3.95. The molecule has 2 heterocycles. The summed E-state index contributed by atoms with van der Waals surface area (Å²) < 4.78 is 29.4. The van der Waals surface area contributed by atoms with Gasteiger partial charge in [0, 0.05) is 32.6 Å². The third-order valence-electron chi connectivity index (χ3n) is 5.54. The van der Waals surface area contributed by atoms with Gasteiger partial charge >= 0.3 is 0 Å². The molecule has 2 aromatic carbocycles. The van der Waals surface area contributed by atoms with Gasteiger partial charge in [0.15, 0.2) is 5.82 Å². The summed E-state index contributed by atoms with van der Waals surface area (Å²) in [5.74, 6) is -0.642. The first kappa shape index (κ1) is 21.1. The van der Waals surface area contributed by atoms with E-state index in [0.717, 1.165) is 50.1 Å². The molecule has 1 atom stereocenters. The van der Waals surface area contributed by atoms with Gasteiger partial charge in [-0.3, -0.25) is 9.69 Å². The molecular weight excluding hydrogens is 400 g/mol. The van der Waals surface area contributed by atoms with Gasteiger partial charge in [0.05, 0.1) is 11.6 Å². The van der Waals surface area contributed by atoms with E-state index in [1.165, 1.54) is 11.1 Å². The number of amides is 1. The molecule has 0 radical (unpaired) electrons. The molecule has 4 rings (SSSR count). The number of nitrogens with one attached hydrogen (secondary N) is 1. The number of hydrogen-bond donors (Lipinski definition) is 1. The lowest BCUT2D eigenvalue weighted by Gasteiger charge is -2.20. The van der Waals surface area contributed by atoms with Crippen LogP contribution in [-0.2, 0) is 19.5 Å². The van der Waals surface area contributed by atoms with Gasteiger partial charge in [-0.15, -0.1) is 10.2 Å². The maximum atomic E-state index is 13.9. The van der Waals surface area contributed by atoms with E-state index < -0.39 is 23.6 Å². The first-order valence-electron chi connectivity index (χ1n) is 10.4. The average molecular weight is 425 g/mol. The zero-order chi connectivity index (χ0) is 22.0. The van der Waals surface area contributed by atoms with Crippen LogP contribution in [0.3, 0.4) is 0 Å². The van der Waals surface area contributed by atoms with Crippen LogP contribution >= 0.6 is 0 Å². The predicted octanol–water partition coefficient (Wildman–Crippen LogP) is 3.41. The summed E-state index contributed by atoms with van der Waals surface area (Å²) in [5, 5.41) is 11.3. The van der Waals surface area contributed by atoms with Crippen LogP contribution in [0.4, 0.5) is 8.78 Å². The molecule has 1 unspecified atom stereocenters. The number of rotatable bonds is 5. The van der Waals surface area contributed by atoms with Crippen molar-refractivity contribution in [2.24, 2.45) is 0 Å². The highest BCUT2D eigenvalue weighted by atomic mass is 19.1. The van der Waals surface area contributed by atoms with Crippen molar-refractivity contribution in [3.05, 3.63) is 82.4 Å². The highest BCUT2D eigenvalue weighted by Gasteiger charge is 2.24. The Bertz CT molecular complexity index is 1100. The monoisotopic (exact) mass is 425 g/mol. The Morgan fingerprint density at radius 1 is 1.13 bits per heavy atom. The molecule has 1 aliphatic rings. The van der Waals surface area contributed by atoms with Gasteiger partial charge in [-0.2, -0.15) is 0 Å². The number of aromatic nitrogens is 3. The molecule has 162 valence electrons. The fraction of sp³-hybridized carbons (Fsp3) is 0.348. The Morgan fingerprint density at radius 2 is 1.97 bits per heavy atom. The highest BCUT2D eigenvalue weighted by Crippen LogP contribution is 2.18. The summed E-state index contributed by atoms with van der Waals surface area (Å²) in [6.45, 7) is 7.09. The Labute approximate surface area is 179 Å². The van der Waals surface area contributed by atoms with Gasteiger partial charge in [0.1, 0.15) is 17.5 Å². The SMILES string of the molecule is Cc1cccc(CN2CCc3nnc(C(C)NC(=O)c4cc(F)ccc4F)n3CC2)c1. The molecule has 1 N–H and O–H groups in total. The van der Waals surface area contributed by atoms with E-state index in [9.17, 15) is 13.6 Å². The van der Waals surface area contributed by atoms with E-state index in [-0.39, 0.29) is 5.56 Å². The number of benzene rings is 2. The lowest BCUT2D eigenvalue weighted by Crippen LogP contribution is -2.30. The molecule has 8 heteroatoms. The number of carbonyl (C=O) groups excluding carboxylic acids is 1. The standard InChI is InChI=1S/C23H25F2N5O/c1-15-4-3-5-17(12-15)14-29-9-8-21-27-28-22(30(21)11-10-29)16(2)26-23(31)19-13-18(24)6-7-20(19)25/h3-7,12-13,16H,8-11,14H2,1-2H3,(H,26,31). The third-order valence-corrected chi connectivity index (χ3v) is 5.54. The minimum atomic E-state index is -0.766. The van der Waals surface area contributed by atoms with E-state index in [4.69, 9.17) is 0 Å². The third kappa shape index (κ3) is 4.80. The smallest absolute Gasteiger partial charge is 0.254 e. The topological polar surface area (TPSA) is 63.1 Å². The number of hydrogen-bond acceptors (Lipinski definition) is 4. The molecular formula is C23H25F2N5O. The molecule has 0 bridgehead atoms. The Hall–Kier alpha value is -3.13. The zero-order valence-electron chi connectivity index (χ0n) is 17.6. The Kier molecular flexibility index (Phi) is 6.08. The van der Waals surface area contributed by atoms with Crippen molar-refractivity contribution in [2.75, 3.05) is 13.1 Å². The Morgan fingerprint density at radius 3 is 2.77 bits per heavy atom. The molecule has 0 saturated carbocycles. The van der Waals surface area contributed by atoms with Crippen molar-refractivity contribution in [1.82, 2.24) is 25.0 Å². The summed E-state index contributed by atoms with van der Waals surface area (Å²) in [4.78, 5) is 14.8. The van der Waals surface area contributed by atoms with Crippen molar-refractivity contribution in [3.63, 3.8) is 0 Å². The Balaban J connectivity index is 1.44. The van der Waals surface area contributed by atoms with Gasteiger partial charge in [-0.05, 0) is 37.6 Å². The van der Waals surface area contributed by atoms with Crippen molar-refractivity contribution < 1.29 is 13.6 Å². The highest BCUT2D eigenvalue weighted by molar-refractivity contribution is 5.94. The van der Waals surface area contributed by atoms with E-state index in [1.54, 1.807) is 6.92 Å². The van der Waals surface area contributed by atoms with Crippen molar-refractivity contribution in [1.29, 1.82) is 0 Å². The molecule has 3 aromatic rings. The average Bonchev–Trinajstić information content (AvgIpc) is 3.04. The van der Waals surface area contributed by atoms with Crippen molar-refractivity contribution in [2.45, 2.75) is 39.4 Å². The molecule has 0 aliphatic carbocycles. The summed E-state index contributed by atoms with van der Waals surface area (Å²) in [7, 11) is 0.